The standard InChI is InChI=1S/C20H28N4O.ClH/c1-2-9-22-12-14-24(15-13-22)20(25)18-7-10-23(11-8-18)19-5-3-17(16-21)4-6-19;/h3-6,18H,2,7-15H2,1H3;1H. The number of rotatable bonds is 4. The Kier molecular flexibility index (Phi) is 7.74. The molecule has 1 aromatic rings. The van der Waals surface area contributed by atoms with Crippen molar-refractivity contribution in [2.45, 2.75) is 26.2 Å². The first-order valence-corrected chi connectivity index (χ1v) is 9.47. The van der Waals surface area contributed by atoms with Crippen molar-refractivity contribution in [1.29, 1.82) is 5.26 Å². The Morgan fingerprint density at radius 2 is 1.69 bits per heavy atom. The van der Waals surface area contributed by atoms with Gasteiger partial charge in [0, 0.05) is 50.9 Å². The summed E-state index contributed by atoms with van der Waals surface area (Å²) in [5, 5.41) is 8.90. The average Bonchev–Trinajstić information content (AvgIpc) is 2.68. The Balaban J connectivity index is 0.00000243. The number of piperidine rings is 1. The zero-order valence-electron chi connectivity index (χ0n) is 15.6. The van der Waals surface area contributed by atoms with Gasteiger partial charge in [-0.1, -0.05) is 6.92 Å². The lowest BCUT2D eigenvalue weighted by Crippen LogP contribution is -2.51. The van der Waals surface area contributed by atoms with E-state index in [1.54, 1.807) is 0 Å². The highest BCUT2D eigenvalue weighted by Crippen LogP contribution is 2.25. The largest absolute Gasteiger partial charge is 0.371 e. The van der Waals surface area contributed by atoms with E-state index in [2.05, 4.69) is 27.7 Å². The van der Waals surface area contributed by atoms with Gasteiger partial charge in [0.1, 0.15) is 0 Å². The van der Waals surface area contributed by atoms with Gasteiger partial charge in [-0.25, -0.2) is 0 Å². The summed E-state index contributed by atoms with van der Waals surface area (Å²) >= 11 is 0. The molecule has 2 aliphatic rings. The number of amides is 1. The van der Waals surface area contributed by atoms with E-state index in [1.165, 1.54) is 6.42 Å². The maximum atomic E-state index is 12.8. The van der Waals surface area contributed by atoms with Crippen molar-refractivity contribution in [2.75, 3.05) is 50.7 Å². The van der Waals surface area contributed by atoms with Gasteiger partial charge in [0.2, 0.25) is 5.91 Å². The van der Waals surface area contributed by atoms with Crippen LogP contribution in [0.5, 0.6) is 0 Å². The van der Waals surface area contributed by atoms with Crippen LogP contribution in [-0.4, -0.2) is 61.5 Å². The first kappa shape index (κ1) is 20.5. The molecule has 6 heteroatoms. The molecule has 2 fully saturated rings. The third-order valence-electron chi connectivity index (χ3n) is 5.43. The van der Waals surface area contributed by atoms with E-state index in [0.29, 0.717) is 11.5 Å². The number of benzene rings is 1. The van der Waals surface area contributed by atoms with Gasteiger partial charge in [-0.15, -0.1) is 12.4 Å². The van der Waals surface area contributed by atoms with Gasteiger partial charge < -0.3 is 9.80 Å². The number of hydrogen-bond acceptors (Lipinski definition) is 4. The quantitative estimate of drug-likeness (QED) is 0.810. The minimum absolute atomic E-state index is 0. The summed E-state index contributed by atoms with van der Waals surface area (Å²) in [7, 11) is 0. The summed E-state index contributed by atoms with van der Waals surface area (Å²) in [6.07, 6.45) is 3.03. The van der Waals surface area contributed by atoms with Crippen molar-refractivity contribution in [3.05, 3.63) is 29.8 Å². The molecule has 0 N–H and O–H groups in total. The molecule has 0 aliphatic carbocycles. The van der Waals surface area contributed by atoms with Crippen molar-refractivity contribution < 1.29 is 4.79 Å². The molecule has 26 heavy (non-hydrogen) atoms. The highest BCUT2D eigenvalue weighted by atomic mass is 35.5. The smallest absolute Gasteiger partial charge is 0.225 e. The molecule has 5 nitrogen and oxygen atoms in total. The van der Waals surface area contributed by atoms with E-state index in [9.17, 15) is 4.79 Å². The SMILES string of the molecule is CCCN1CCN(C(=O)C2CCN(c3ccc(C#N)cc3)CC2)CC1.Cl. The maximum Gasteiger partial charge on any atom is 0.225 e. The van der Waals surface area contributed by atoms with Gasteiger partial charge in [0.05, 0.1) is 11.6 Å². The molecule has 1 amide bonds. The van der Waals surface area contributed by atoms with Crippen molar-refractivity contribution in [3.63, 3.8) is 0 Å². The van der Waals surface area contributed by atoms with Crippen LogP contribution in [0.3, 0.4) is 0 Å². The number of halogens is 1. The number of carbonyl (C=O) groups is 1. The predicted molar refractivity (Wildman–Crippen MR) is 107 cm³/mol. The third-order valence-corrected chi connectivity index (χ3v) is 5.43. The van der Waals surface area contributed by atoms with Crippen LogP contribution >= 0.6 is 12.4 Å². The van der Waals surface area contributed by atoms with Crippen molar-refractivity contribution in [1.82, 2.24) is 9.80 Å². The molecule has 0 unspecified atom stereocenters. The Morgan fingerprint density at radius 1 is 1.08 bits per heavy atom. The molecule has 0 bridgehead atoms. The van der Waals surface area contributed by atoms with Crippen LogP contribution < -0.4 is 4.90 Å². The number of nitriles is 1. The Morgan fingerprint density at radius 3 is 2.23 bits per heavy atom. The molecular weight excluding hydrogens is 348 g/mol. The van der Waals surface area contributed by atoms with Crippen molar-refractivity contribution in [2.24, 2.45) is 5.92 Å². The fourth-order valence-corrected chi connectivity index (χ4v) is 3.90. The van der Waals surface area contributed by atoms with Gasteiger partial charge in [0.25, 0.3) is 0 Å². The molecule has 142 valence electrons. The van der Waals surface area contributed by atoms with E-state index < -0.39 is 0 Å². The van der Waals surface area contributed by atoms with Crippen LogP contribution in [0.25, 0.3) is 0 Å². The first-order valence-electron chi connectivity index (χ1n) is 9.47. The molecule has 2 aliphatic heterocycles. The zero-order chi connectivity index (χ0) is 17.6. The second kappa shape index (κ2) is 9.80. The summed E-state index contributed by atoms with van der Waals surface area (Å²) in [4.78, 5) is 19.7. The van der Waals surface area contributed by atoms with Gasteiger partial charge in [0.15, 0.2) is 0 Å². The van der Waals surface area contributed by atoms with E-state index in [1.807, 2.05) is 24.3 Å². The Labute approximate surface area is 163 Å². The number of carbonyl (C=O) groups excluding carboxylic acids is 1. The Hall–Kier alpha value is -1.77. The number of hydrogen-bond donors (Lipinski definition) is 0. The summed E-state index contributed by atoms with van der Waals surface area (Å²) in [6.45, 7) is 8.98. The van der Waals surface area contributed by atoms with Crippen LogP contribution in [0.1, 0.15) is 31.7 Å². The lowest BCUT2D eigenvalue weighted by Gasteiger charge is -2.39. The molecule has 0 saturated carbocycles. The van der Waals surface area contributed by atoms with E-state index in [4.69, 9.17) is 5.26 Å². The van der Waals surface area contributed by atoms with Gasteiger partial charge in [-0.05, 0) is 50.1 Å². The molecule has 0 spiro atoms. The molecule has 2 saturated heterocycles. The van der Waals surface area contributed by atoms with Gasteiger partial charge >= 0.3 is 0 Å². The highest BCUT2D eigenvalue weighted by molar-refractivity contribution is 5.85. The molecule has 3 rings (SSSR count). The van der Waals surface area contributed by atoms with Gasteiger partial charge in [-0.3, -0.25) is 9.69 Å². The topological polar surface area (TPSA) is 50.6 Å². The molecule has 0 radical (unpaired) electrons. The fraction of sp³-hybridized carbons (Fsp3) is 0.600. The van der Waals surface area contributed by atoms with E-state index >= 15 is 0 Å². The fourth-order valence-electron chi connectivity index (χ4n) is 3.90. The Bertz CT molecular complexity index is 612. The van der Waals surface area contributed by atoms with Crippen LogP contribution in [0.2, 0.25) is 0 Å². The normalized spacial score (nSPS) is 18.9. The zero-order valence-corrected chi connectivity index (χ0v) is 16.4. The van der Waals surface area contributed by atoms with Crippen LogP contribution in [0.15, 0.2) is 24.3 Å². The number of piperazine rings is 1. The monoisotopic (exact) mass is 376 g/mol. The molecule has 2 heterocycles. The van der Waals surface area contributed by atoms with E-state index in [0.717, 1.165) is 64.3 Å². The van der Waals surface area contributed by atoms with Crippen molar-refractivity contribution >= 4 is 24.0 Å². The van der Waals surface area contributed by atoms with E-state index in [-0.39, 0.29) is 18.3 Å². The minimum atomic E-state index is 0. The summed E-state index contributed by atoms with van der Waals surface area (Å²) in [6, 6.07) is 9.90. The second-order valence-corrected chi connectivity index (χ2v) is 7.09. The molecule has 0 atom stereocenters. The van der Waals surface area contributed by atoms with Crippen LogP contribution in [-0.2, 0) is 4.79 Å². The van der Waals surface area contributed by atoms with Gasteiger partial charge in [-0.2, -0.15) is 5.26 Å². The lowest BCUT2D eigenvalue weighted by molar-refractivity contribution is -0.138. The molecule has 0 aromatic heterocycles. The second-order valence-electron chi connectivity index (χ2n) is 7.09. The summed E-state index contributed by atoms with van der Waals surface area (Å²) < 4.78 is 0. The van der Waals surface area contributed by atoms with Crippen molar-refractivity contribution in [3.8, 4) is 6.07 Å². The summed E-state index contributed by atoms with van der Waals surface area (Å²) in [5.74, 6) is 0.531. The number of nitrogens with zero attached hydrogens (tertiary/aromatic N) is 4. The maximum absolute atomic E-state index is 12.8. The average molecular weight is 377 g/mol. The minimum Gasteiger partial charge on any atom is -0.371 e. The third kappa shape index (κ3) is 4.90. The molecular formula is C20H29ClN4O. The highest BCUT2D eigenvalue weighted by Gasteiger charge is 2.30. The first-order chi connectivity index (χ1) is 12.2. The molecule has 1 aromatic carbocycles. The van der Waals surface area contributed by atoms with Crippen LogP contribution in [0.4, 0.5) is 5.69 Å². The lowest BCUT2D eigenvalue weighted by atomic mass is 9.94. The number of anilines is 1. The predicted octanol–water partition coefficient (Wildman–Crippen LogP) is 2.75. The summed E-state index contributed by atoms with van der Waals surface area (Å²) in [5.41, 5.74) is 1.84. The van der Waals surface area contributed by atoms with Crippen LogP contribution in [0, 0.1) is 17.2 Å².